The van der Waals surface area contributed by atoms with Crippen molar-refractivity contribution >= 4 is 17.4 Å². The molecule has 0 amide bonds. The van der Waals surface area contributed by atoms with Crippen molar-refractivity contribution in [3.63, 3.8) is 0 Å². The van der Waals surface area contributed by atoms with Crippen molar-refractivity contribution < 1.29 is 9.47 Å². The molecule has 0 spiro atoms. The number of halogens is 1. The van der Waals surface area contributed by atoms with Crippen LogP contribution in [0.4, 0.5) is 5.82 Å². The molecule has 1 aromatic heterocycles. The van der Waals surface area contributed by atoms with Gasteiger partial charge in [0, 0.05) is 6.54 Å². The molecule has 18 heavy (non-hydrogen) atoms. The van der Waals surface area contributed by atoms with Gasteiger partial charge >= 0.3 is 0 Å². The molecule has 1 aromatic rings. The first-order valence-corrected chi connectivity index (χ1v) is 6.62. The van der Waals surface area contributed by atoms with Gasteiger partial charge in [-0.05, 0) is 19.3 Å². The number of rotatable bonds is 2. The third-order valence-electron chi connectivity index (χ3n) is 3.70. The summed E-state index contributed by atoms with van der Waals surface area (Å²) in [5, 5.41) is 0.364. The molecule has 0 aromatic carbocycles. The minimum atomic E-state index is 0.317. The summed E-state index contributed by atoms with van der Waals surface area (Å²) in [6.45, 7) is 1.55. The van der Waals surface area contributed by atoms with E-state index in [0.717, 1.165) is 31.8 Å². The molecule has 2 unspecified atom stereocenters. The van der Waals surface area contributed by atoms with Gasteiger partial charge in [-0.2, -0.15) is 0 Å². The molecule has 2 atom stereocenters. The highest BCUT2D eigenvalue weighted by Crippen LogP contribution is 2.38. The topological polar surface area (TPSA) is 47.5 Å². The molecule has 1 aliphatic heterocycles. The fourth-order valence-corrected chi connectivity index (χ4v) is 3.12. The Morgan fingerprint density at radius 1 is 1.44 bits per heavy atom. The number of fused-ring (bicyclic) bond motifs is 1. The van der Waals surface area contributed by atoms with Crippen molar-refractivity contribution in [2.45, 2.75) is 31.4 Å². The lowest BCUT2D eigenvalue weighted by molar-refractivity contribution is 0.0251. The van der Waals surface area contributed by atoms with E-state index in [1.54, 1.807) is 7.11 Å². The summed E-state index contributed by atoms with van der Waals surface area (Å²) in [6, 6.07) is 0.388. The summed E-state index contributed by atoms with van der Waals surface area (Å²) in [5.41, 5.74) is 0. The predicted octanol–water partition coefficient (Wildman–Crippen LogP) is 1.90. The molecule has 0 radical (unpaired) electrons. The second-order valence-electron chi connectivity index (χ2n) is 4.62. The number of ether oxygens (including phenoxy) is 2. The van der Waals surface area contributed by atoms with Crippen LogP contribution >= 0.6 is 11.6 Å². The molecule has 98 valence electrons. The lowest BCUT2D eigenvalue weighted by Crippen LogP contribution is -2.49. The van der Waals surface area contributed by atoms with Crippen molar-refractivity contribution in [1.29, 1.82) is 0 Å². The van der Waals surface area contributed by atoms with Gasteiger partial charge in [0.15, 0.2) is 16.7 Å². The first-order chi connectivity index (χ1) is 8.81. The number of methoxy groups -OCH3 is 1. The van der Waals surface area contributed by atoms with Gasteiger partial charge in [-0.1, -0.05) is 11.6 Å². The minimum absolute atomic E-state index is 0.317. The first kappa shape index (κ1) is 12.0. The molecule has 0 N–H and O–H groups in total. The number of nitrogens with zero attached hydrogens (tertiary/aromatic N) is 3. The summed E-state index contributed by atoms with van der Waals surface area (Å²) in [7, 11) is 1.60. The van der Waals surface area contributed by atoms with E-state index in [1.165, 1.54) is 12.7 Å². The maximum Gasteiger partial charge on any atom is 0.199 e. The highest BCUT2D eigenvalue weighted by atomic mass is 35.5. The lowest BCUT2D eigenvalue weighted by atomic mass is 10.1. The highest BCUT2D eigenvalue weighted by Gasteiger charge is 2.38. The van der Waals surface area contributed by atoms with Gasteiger partial charge in [-0.25, -0.2) is 9.97 Å². The van der Waals surface area contributed by atoms with Gasteiger partial charge in [-0.3, -0.25) is 0 Å². The number of hydrogen-bond donors (Lipinski definition) is 0. The molecular formula is C12H16ClN3O2. The number of anilines is 1. The largest absolute Gasteiger partial charge is 0.490 e. The van der Waals surface area contributed by atoms with Crippen LogP contribution in [0.2, 0.25) is 5.15 Å². The van der Waals surface area contributed by atoms with E-state index in [-0.39, 0.29) is 0 Å². The van der Waals surface area contributed by atoms with Crippen molar-refractivity contribution in [2.24, 2.45) is 0 Å². The van der Waals surface area contributed by atoms with E-state index in [9.17, 15) is 0 Å². The quantitative estimate of drug-likeness (QED) is 0.768. The molecule has 1 saturated heterocycles. The van der Waals surface area contributed by atoms with Crippen LogP contribution in [0, 0.1) is 0 Å². The van der Waals surface area contributed by atoms with Crippen LogP contribution in [0.15, 0.2) is 6.33 Å². The van der Waals surface area contributed by atoms with Crippen molar-refractivity contribution in [2.75, 3.05) is 25.2 Å². The Kier molecular flexibility index (Phi) is 3.26. The van der Waals surface area contributed by atoms with E-state index >= 15 is 0 Å². The van der Waals surface area contributed by atoms with Crippen LogP contribution in [0.5, 0.6) is 5.75 Å². The van der Waals surface area contributed by atoms with Crippen LogP contribution in [0.1, 0.15) is 19.3 Å². The van der Waals surface area contributed by atoms with Gasteiger partial charge in [-0.15, -0.1) is 0 Å². The summed E-state index contributed by atoms with van der Waals surface area (Å²) < 4.78 is 11.1. The summed E-state index contributed by atoms with van der Waals surface area (Å²) in [5.74, 6) is 1.35. The Hall–Kier alpha value is -1.07. The zero-order valence-corrected chi connectivity index (χ0v) is 11.1. The number of morpholine rings is 1. The molecular weight excluding hydrogens is 254 g/mol. The van der Waals surface area contributed by atoms with Crippen LogP contribution in [0.25, 0.3) is 0 Å². The molecule has 3 rings (SSSR count). The minimum Gasteiger partial charge on any atom is -0.490 e. The van der Waals surface area contributed by atoms with Crippen LogP contribution < -0.4 is 9.64 Å². The maximum atomic E-state index is 6.06. The van der Waals surface area contributed by atoms with Crippen molar-refractivity contribution in [1.82, 2.24) is 9.97 Å². The summed E-state index contributed by atoms with van der Waals surface area (Å²) in [4.78, 5) is 10.6. The first-order valence-electron chi connectivity index (χ1n) is 6.24. The maximum absolute atomic E-state index is 6.06. The Labute approximate surface area is 111 Å². The standard InChI is InChI=1S/C12H16ClN3O2/c1-17-10-11(13)14-7-15-12(10)16-5-6-18-9-4-2-3-8(9)16/h7-9H,2-6H2,1H3. The van der Waals surface area contributed by atoms with Crippen LogP contribution in [-0.2, 0) is 4.74 Å². The Morgan fingerprint density at radius 2 is 2.33 bits per heavy atom. The fourth-order valence-electron chi connectivity index (χ4n) is 2.91. The van der Waals surface area contributed by atoms with E-state index < -0.39 is 0 Å². The van der Waals surface area contributed by atoms with Gasteiger partial charge < -0.3 is 14.4 Å². The van der Waals surface area contributed by atoms with E-state index in [0.29, 0.717) is 23.0 Å². The highest BCUT2D eigenvalue weighted by molar-refractivity contribution is 6.31. The van der Waals surface area contributed by atoms with Crippen molar-refractivity contribution in [3.05, 3.63) is 11.5 Å². The second-order valence-corrected chi connectivity index (χ2v) is 4.98. The molecule has 0 bridgehead atoms. The molecule has 2 aliphatic rings. The van der Waals surface area contributed by atoms with E-state index in [2.05, 4.69) is 14.9 Å². The van der Waals surface area contributed by atoms with Crippen molar-refractivity contribution in [3.8, 4) is 5.75 Å². The van der Waals surface area contributed by atoms with Gasteiger partial charge in [0.25, 0.3) is 0 Å². The Bertz CT molecular complexity index is 443. The molecule has 1 aliphatic carbocycles. The Balaban J connectivity index is 1.96. The third kappa shape index (κ3) is 1.91. The monoisotopic (exact) mass is 269 g/mol. The predicted molar refractivity (Wildman–Crippen MR) is 68.3 cm³/mol. The second kappa shape index (κ2) is 4.90. The molecule has 1 saturated carbocycles. The average Bonchev–Trinajstić information content (AvgIpc) is 2.86. The van der Waals surface area contributed by atoms with E-state index in [1.807, 2.05) is 0 Å². The van der Waals surface area contributed by atoms with Crippen LogP contribution in [0.3, 0.4) is 0 Å². The summed E-state index contributed by atoms with van der Waals surface area (Å²) in [6.07, 6.45) is 5.27. The fraction of sp³-hybridized carbons (Fsp3) is 0.667. The molecule has 2 heterocycles. The van der Waals surface area contributed by atoms with Gasteiger partial charge in [0.05, 0.1) is 25.9 Å². The lowest BCUT2D eigenvalue weighted by Gasteiger charge is -2.38. The van der Waals surface area contributed by atoms with Gasteiger partial charge in [0.2, 0.25) is 0 Å². The molecule has 5 nitrogen and oxygen atoms in total. The average molecular weight is 270 g/mol. The number of aromatic nitrogens is 2. The normalized spacial score (nSPS) is 27.1. The molecule has 6 heteroatoms. The van der Waals surface area contributed by atoms with Gasteiger partial charge in [0.1, 0.15) is 6.33 Å². The number of hydrogen-bond acceptors (Lipinski definition) is 5. The SMILES string of the molecule is COc1c(Cl)ncnc1N1CCOC2CCCC21. The molecule has 2 fully saturated rings. The summed E-state index contributed by atoms with van der Waals surface area (Å²) >= 11 is 6.06. The van der Waals surface area contributed by atoms with Crippen LogP contribution in [-0.4, -0.2) is 42.4 Å². The smallest absolute Gasteiger partial charge is 0.199 e. The zero-order chi connectivity index (χ0) is 12.5. The third-order valence-corrected chi connectivity index (χ3v) is 3.97. The van der Waals surface area contributed by atoms with E-state index in [4.69, 9.17) is 21.1 Å². The zero-order valence-electron chi connectivity index (χ0n) is 10.3. The Morgan fingerprint density at radius 3 is 3.17 bits per heavy atom.